The van der Waals surface area contributed by atoms with Gasteiger partial charge in [-0.15, -0.1) is 0 Å². The fraction of sp³-hybridized carbons (Fsp3) is 0.333. The summed E-state index contributed by atoms with van der Waals surface area (Å²) < 4.78 is 0. The van der Waals surface area contributed by atoms with E-state index in [1.165, 1.54) is 6.92 Å². The molecule has 0 aromatic carbocycles. The fourth-order valence-electron chi connectivity index (χ4n) is 1.33. The molecule has 1 heterocycles. The van der Waals surface area contributed by atoms with E-state index in [0.29, 0.717) is 6.07 Å². The highest BCUT2D eigenvalue weighted by atomic mass is 16.6. The lowest BCUT2D eigenvalue weighted by Gasteiger charge is -2.17. The van der Waals surface area contributed by atoms with Crippen molar-refractivity contribution < 1.29 is 24.9 Å². The molecule has 0 unspecified atom stereocenters. The average molecular weight is 286 g/mol. The third kappa shape index (κ3) is 3.35. The van der Waals surface area contributed by atoms with E-state index in [2.05, 4.69) is 10.3 Å². The summed E-state index contributed by atoms with van der Waals surface area (Å²) in [5.74, 6) is -1.93. The standard InChI is InChI=1S/C9H10N4O7/c1-4(14)7(9(15)16)11-8-6(13(19)20)2-5(3-10-8)12(17)18/h2-4,7,14H,1H3,(H,10,11)(H,15,16)/t4-,7+/m0/s1. The van der Waals surface area contributed by atoms with Gasteiger partial charge >= 0.3 is 11.7 Å². The first-order chi connectivity index (χ1) is 9.23. The molecule has 0 aliphatic rings. The van der Waals surface area contributed by atoms with Crippen molar-refractivity contribution in [2.45, 2.75) is 19.1 Å². The molecule has 2 atom stereocenters. The molecular weight excluding hydrogens is 276 g/mol. The zero-order valence-corrected chi connectivity index (χ0v) is 10.1. The van der Waals surface area contributed by atoms with Crippen molar-refractivity contribution in [1.82, 2.24) is 4.98 Å². The smallest absolute Gasteiger partial charge is 0.328 e. The van der Waals surface area contributed by atoms with Gasteiger partial charge in [0.2, 0.25) is 5.82 Å². The van der Waals surface area contributed by atoms with E-state index < -0.39 is 45.2 Å². The van der Waals surface area contributed by atoms with Gasteiger partial charge in [0.1, 0.15) is 6.20 Å². The number of carboxylic acids is 1. The van der Waals surface area contributed by atoms with Crippen molar-refractivity contribution in [3.05, 3.63) is 32.5 Å². The molecule has 108 valence electrons. The number of hydrogen-bond acceptors (Lipinski definition) is 8. The summed E-state index contributed by atoms with van der Waals surface area (Å²) in [5, 5.41) is 41.6. The minimum atomic E-state index is -1.54. The van der Waals surface area contributed by atoms with Crippen molar-refractivity contribution in [2.75, 3.05) is 5.32 Å². The number of nitrogens with one attached hydrogen (secondary N) is 1. The summed E-state index contributed by atoms with van der Waals surface area (Å²) in [5.41, 5.74) is -1.36. The van der Waals surface area contributed by atoms with E-state index in [-0.39, 0.29) is 0 Å². The van der Waals surface area contributed by atoms with Crippen LogP contribution in [-0.2, 0) is 4.79 Å². The number of nitro groups is 2. The zero-order chi connectivity index (χ0) is 15.4. The lowest BCUT2D eigenvalue weighted by molar-refractivity contribution is -0.394. The summed E-state index contributed by atoms with van der Waals surface area (Å²) in [6, 6.07) is -0.890. The van der Waals surface area contributed by atoms with Gasteiger partial charge in [-0.3, -0.25) is 20.2 Å². The molecule has 1 aromatic rings. The van der Waals surface area contributed by atoms with Crippen molar-refractivity contribution >= 4 is 23.2 Å². The predicted molar refractivity (Wildman–Crippen MR) is 64.3 cm³/mol. The van der Waals surface area contributed by atoms with E-state index in [1.54, 1.807) is 0 Å². The highest BCUT2D eigenvalue weighted by Crippen LogP contribution is 2.27. The number of aliphatic hydroxyl groups excluding tert-OH is 1. The number of pyridine rings is 1. The van der Waals surface area contributed by atoms with E-state index in [1.807, 2.05) is 0 Å². The van der Waals surface area contributed by atoms with Crippen LogP contribution in [0.2, 0.25) is 0 Å². The van der Waals surface area contributed by atoms with Crippen LogP contribution in [0.5, 0.6) is 0 Å². The van der Waals surface area contributed by atoms with Gasteiger partial charge in [-0.1, -0.05) is 0 Å². The van der Waals surface area contributed by atoms with Gasteiger partial charge in [-0.25, -0.2) is 9.78 Å². The van der Waals surface area contributed by atoms with Gasteiger partial charge in [0.25, 0.3) is 5.69 Å². The van der Waals surface area contributed by atoms with Gasteiger partial charge in [0, 0.05) is 0 Å². The van der Waals surface area contributed by atoms with Gasteiger partial charge in [0.15, 0.2) is 6.04 Å². The number of nitrogens with zero attached hydrogens (tertiary/aromatic N) is 3. The molecule has 0 aliphatic carbocycles. The Balaban J connectivity index is 3.20. The van der Waals surface area contributed by atoms with Crippen molar-refractivity contribution in [1.29, 1.82) is 0 Å². The normalized spacial score (nSPS) is 13.3. The molecule has 0 saturated carbocycles. The highest BCUT2D eigenvalue weighted by Gasteiger charge is 2.28. The molecule has 3 N–H and O–H groups in total. The van der Waals surface area contributed by atoms with Crippen LogP contribution in [0.25, 0.3) is 0 Å². The molecule has 1 aromatic heterocycles. The predicted octanol–water partition coefficient (Wildman–Crippen LogP) is 0.144. The number of aromatic nitrogens is 1. The first-order valence-corrected chi connectivity index (χ1v) is 5.20. The molecule has 11 nitrogen and oxygen atoms in total. The van der Waals surface area contributed by atoms with E-state index in [9.17, 15) is 30.1 Å². The van der Waals surface area contributed by atoms with Crippen LogP contribution in [0.1, 0.15) is 6.92 Å². The monoisotopic (exact) mass is 286 g/mol. The molecule has 0 aliphatic heterocycles. The number of carbonyl (C=O) groups is 1. The van der Waals surface area contributed by atoms with Gasteiger partial charge < -0.3 is 15.5 Å². The molecule has 0 amide bonds. The summed E-state index contributed by atoms with van der Waals surface area (Å²) >= 11 is 0. The van der Waals surface area contributed by atoms with Crippen molar-refractivity contribution in [3.63, 3.8) is 0 Å². The SMILES string of the molecule is C[C@H](O)[C@@H](Nc1ncc([N+](=O)[O-])cc1[N+](=O)[O-])C(=O)O. The van der Waals surface area contributed by atoms with Crippen molar-refractivity contribution in [2.24, 2.45) is 0 Å². The molecule has 0 radical (unpaired) electrons. The summed E-state index contributed by atoms with van der Waals surface area (Å²) in [7, 11) is 0. The second-order valence-corrected chi connectivity index (χ2v) is 3.78. The van der Waals surface area contributed by atoms with Gasteiger partial charge in [-0.05, 0) is 6.92 Å². The lowest BCUT2D eigenvalue weighted by atomic mass is 10.2. The molecule has 0 bridgehead atoms. The molecule has 11 heteroatoms. The second-order valence-electron chi connectivity index (χ2n) is 3.78. The maximum Gasteiger partial charge on any atom is 0.328 e. The van der Waals surface area contributed by atoms with Crippen LogP contribution >= 0.6 is 0 Å². The maximum absolute atomic E-state index is 10.9. The van der Waals surface area contributed by atoms with Crippen LogP contribution in [0.15, 0.2) is 12.3 Å². The third-order valence-corrected chi connectivity index (χ3v) is 2.30. The quantitative estimate of drug-likeness (QED) is 0.486. The minimum Gasteiger partial charge on any atom is -0.480 e. The summed E-state index contributed by atoms with van der Waals surface area (Å²) in [6.07, 6.45) is -0.611. The van der Waals surface area contributed by atoms with E-state index in [0.717, 1.165) is 6.20 Å². The molecular formula is C9H10N4O7. The highest BCUT2D eigenvalue weighted by molar-refractivity contribution is 5.79. The molecule has 20 heavy (non-hydrogen) atoms. The molecule has 0 spiro atoms. The molecule has 1 rings (SSSR count). The summed E-state index contributed by atoms with van der Waals surface area (Å²) in [6.45, 7) is 1.17. The number of aliphatic carboxylic acids is 1. The Morgan fingerprint density at radius 3 is 2.40 bits per heavy atom. The molecule has 0 saturated heterocycles. The molecule has 0 fully saturated rings. The van der Waals surface area contributed by atoms with E-state index in [4.69, 9.17) is 5.11 Å². The topological polar surface area (TPSA) is 169 Å². The number of rotatable bonds is 6. The number of hydrogen-bond donors (Lipinski definition) is 3. The van der Waals surface area contributed by atoms with E-state index >= 15 is 0 Å². The number of carboxylic acid groups (broad SMARTS) is 1. The first-order valence-electron chi connectivity index (χ1n) is 5.20. The number of aliphatic hydroxyl groups is 1. The maximum atomic E-state index is 10.9. The Bertz CT molecular complexity index is 559. The zero-order valence-electron chi connectivity index (χ0n) is 10.1. The van der Waals surface area contributed by atoms with Crippen LogP contribution in [-0.4, -0.2) is 43.2 Å². The van der Waals surface area contributed by atoms with Gasteiger partial charge in [-0.2, -0.15) is 0 Å². The Hall–Kier alpha value is -2.82. The number of anilines is 1. The van der Waals surface area contributed by atoms with Crippen molar-refractivity contribution in [3.8, 4) is 0 Å². The Labute approximate surface area is 111 Å². The van der Waals surface area contributed by atoms with Crippen LogP contribution < -0.4 is 5.32 Å². The fourth-order valence-corrected chi connectivity index (χ4v) is 1.33. The van der Waals surface area contributed by atoms with Crippen LogP contribution in [0.4, 0.5) is 17.2 Å². The third-order valence-electron chi connectivity index (χ3n) is 2.30. The Morgan fingerprint density at radius 1 is 1.40 bits per heavy atom. The lowest BCUT2D eigenvalue weighted by Crippen LogP contribution is -2.39. The Kier molecular flexibility index (Phi) is 4.48. The van der Waals surface area contributed by atoms with Crippen LogP contribution in [0, 0.1) is 20.2 Å². The Morgan fingerprint density at radius 2 is 2.00 bits per heavy atom. The summed E-state index contributed by atoms with van der Waals surface area (Å²) in [4.78, 5) is 33.8. The minimum absolute atomic E-state index is 0.478. The average Bonchev–Trinajstić information content (AvgIpc) is 2.34. The largest absolute Gasteiger partial charge is 0.480 e. The van der Waals surface area contributed by atoms with Gasteiger partial charge in [0.05, 0.1) is 22.0 Å². The van der Waals surface area contributed by atoms with Crippen LogP contribution in [0.3, 0.4) is 0 Å². The first kappa shape index (κ1) is 15.2. The second kappa shape index (κ2) is 5.88.